The van der Waals surface area contributed by atoms with Gasteiger partial charge in [0.1, 0.15) is 5.75 Å². The number of carbonyl (C=O) groups excluding carboxylic acids is 1. The monoisotopic (exact) mass is 300 g/mol. The molecule has 108 valence electrons. The zero-order valence-corrected chi connectivity index (χ0v) is 12.7. The first kappa shape index (κ1) is 14.2. The van der Waals surface area contributed by atoms with Crippen LogP contribution in [0.2, 0.25) is 5.02 Å². The first-order valence-corrected chi connectivity index (χ1v) is 7.54. The number of rotatable bonds is 3. The third-order valence-corrected chi connectivity index (χ3v) is 4.44. The highest BCUT2D eigenvalue weighted by Crippen LogP contribution is 2.36. The number of hydrogen-bond acceptors (Lipinski definition) is 2. The minimum Gasteiger partial charge on any atom is -0.497 e. The van der Waals surface area contributed by atoms with Crippen molar-refractivity contribution >= 4 is 17.4 Å². The number of carbonyl (C=O) groups is 1. The van der Waals surface area contributed by atoms with E-state index >= 15 is 0 Å². The summed E-state index contributed by atoms with van der Waals surface area (Å²) >= 11 is 6.25. The number of methoxy groups -OCH3 is 1. The Labute approximate surface area is 129 Å². The Kier molecular flexibility index (Phi) is 3.98. The predicted octanol–water partition coefficient (Wildman–Crippen LogP) is 4.65. The summed E-state index contributed by atoms with van der Waals surface area (Å²) < 4.78 is 5.14. The number of aryl methyl sites for hydroxylation is 1. The summed E-state index contributed by atoms with van der Waals surface area (Å²) in [7, 11) is 1.59. The van der Waals surface area contributed by atoms with E-state index in [2.05, 4.69) is 12.1 Å². The van der Waals surface area contributed by atoms with Crippen LogP contribution in [0, 0.1) is 0 Å². The predicted molar refractivity (Wildman–Crippen MR) is 84.5 cm³/mol. The van der Waals surface area contributed by atoms with Crippen LogP contribution in [0.4, 0.5) is 0 Å². The average molecular weight is 301 g/mol. The van der Waals surface area contributed by atoms with Gasteiger partial charge in [-0.3, -0.25) is 4.79 Å². The van der Waals surface area contributed by atoms with Crippen LogP contribution in [-0.4, -0.2) is 12.9 Å². The van der Waals surface area contributed by atoms with Gasteiger partial charge in [0.05, 0.1) is 12.1 Å². The van der Waals surface area contributed by atoms with Crippen molar-refractivity contribution in [3.8, 4) is 5.75 Å². The van der Waals surface area contributed by atoms with Gasteiger partial charge in [-0.15, -0.1) is 0 Å². The minimum absolute atomic E-state index is 0.0826. The lowest BCUT2D eigenvalue weighted by molar-refractivity contribution is 0.0951. The molecular weight excluding hydrogens is 284 g/mol. The second-order valence-electron chi connectivity index (χ2n) is 5.35. The molecule has 0 bridgehead atoms. The van der Waals surface area contributed by atoms with Gasteiger partial charge in [-0.25, -0.2) is 0 Å². The third kappa shape index (κ3) is 2.68. The van der Waals surface area contributed by atoms with Crippen molar-refractivity contribution in [2.45, 2.75) is 25.2 Å². The van der Waals surface area contributed by atoms with E-state index in [4.69, 9.17) is 16.3 Å². The fourth-order valence-corrected chi connectivity index (χ4v) is 3.30. The Morgan fingerprint density at radius 2 is 2.05 bits per heavy atom. The molecule has 0 heterocycles. The standard InChI is InChI=1S/C18H17ClO2/c1-21-13-9-10-16(17(19)11-13)18(20)15-8-4-6-12-5-2-3-7-14(12)15/h2-3,5,7,9-11,15H,4,6,8H2,1H3. The summed E-state index contributed by atoms with van der Waals surface area (Å²) in [6.45, 7) is 0. The van der Waals surface area contributed by atoms with Crippen LogP contribution < -0.4 is 4.74 Å². The Morgan fingerprint density at radius 3 is 2.81 bits per heavy atom. The van der Waals surface area contributed by atoms with E-state index in [9.17, 15) is 4.79 Å². The first-order chi connectivity index (χ1) is 10.2. The lowest BCUT2D eigenvalue weighted by Gasteiger charge is -2.24. The Morgan fingerprint density at radius 1 is 1.24 bits per heavy atom. The molecule has 21 heavy (non-hydrogen) atoms. The lowest BCUT2D eigenvalue weighted by atomic mass is 9.79. The highest BCUT2D eigenvalue weighted by atomic mass is 35.5. The van der Waals surface area contributed by atoms with E-state index in [1.807, 2.05) is 12.1 Å². The van der Waals surface area contributed by atoms with Crippen molar-refractivity contribution in [2.24, 2.45) is 0 Å². The van der Waals surface area contributed by atoms with Gasteiger partial charge >= 0.3 is 0 Å². The Bertz CT molecular complexity index is 679. The summed E-state index contributed by atoms with van der Waals surface area (Å²) in [5.41, 5.74) is 3.02. The van der Waals surface area contributed by atoms with Crippen molar-refractivity contribution in [1.82, 2.24) is 0 Å². The number of ether oxygens (including phenoxy) is 1. The van der Waals surface area contributed by atoms with Crippen LogP contribution in [0.3, 0.4) is 0 Å². The van der Waals surface area contributed by atoms with Gasteiger partial charge in [-0.05, 0) is 48.6 Å². The third-order valence-electron chi connectivity index (χ3n) is 4.13. The number of halogens is 1. The van der Waals surface area contributed by atoms with E-state index in [1.54, 1.807) is 25.3 Å². The molecule has 1 aliphatic carbocycles. The van der Waals surface area contributed by atoms with E-state index < -0.39 is 0 Å². The van der Waals surface area contributed by atoms with Crippen LogP contribution >= 0.6 is 11.6 Å². The maximum Gasteiger partial charge on any atom is 0.171 e. The minimum atomic E-state index is -0.0826. The Balaban J connectivity index is 1.97. The molecule has 0 spiro atoms. The van der Waals surface area contributed by atoms with E-state index in [-0.39, 0.29) is 11.7 Å². The fraction of sp³-hybridized carbons (Fsp3) is 0.278. The molecule has 0 amide bonds. The van der Waals surface area contributed by atoms with Gasteiger partial charge < -0.3 is 4.74 Å². The van der Waals surface area contributed by atoms with Crippen molar-refractivity contribution in [3.63, 3.8) is 0 Å². The molecule has 2 aromatic rings. The molecule has 2 nitrogen and oxygen atoms in total. The van der Waals surface area contributed by atoms with Crippen LogP contribution in [0.25, 0.3) is 0 Å². The van der Waals surface area contributed by atoms with Crippen LogP contribution in [-0.2, 0) is 6.42 Å². The molecule has 0 saturated carbocycles. The fourth-order valence-electron chi connectivity index (χ4n) is 3.04. The molecule has 0 fully saturated rings. The van der Waals surface area contributed by atoms with E-state index in [0.717, 1.165) is 24.8 Å². The number of hydrogen-bond donors (Lipinski definition) is 0. The molecule has 0 radical (unpaired) electrons. The number of Topliss-reactive ketones (excluding diaryl/α,β-unsaturated/α-hetero) is 1. The van der Waals surface area contributed by atoms with Crippen LogP contribution in [0.1, 0.15) is 40.2 Å². The van der Waals surface area contributed by atoms with Crippen LogP contribution in [0.15, 0.2) is 42.5 Å². The summed E-state index contributed by atoms with van der Waals surface area (Å²) in [4.78, 5) is 12.9. The largest absolute Gasteiger partial charge is 0.497 e. The topological polar surface area (TPSA) is 26.3 Å². The van der Waals surface area contributed by atoms with E-state index in [0.29, 0.717) is 16.3 Å². The first-order valence-electron chi connectivity index (χ1n) is 7.16. The quantitative estimate of drug-likeness (QED) is 0.771. The molecule has 0 saturated heterocycles. The van der Waals surface area contributed by atoms with Gasteiger partial charge in [0.2, 0.25) is 0 Å². The average Bonchev–Trinajstić information content (AvgIpc) is 2.53. The van der Waals surface area contributed by atoms with Crippen LogP contribution in [0.5, 0.6) is 5.75 Å². The van der Waals surface area contributed by atoms with Gasteiger partial charge in [0.25, 0.3) is 0 Å². The molecule has 1 atom stereocenters. The zero-order valence-electron chi connectivity index (χ0n) is 11.9. The summed E-state index contributed by atoms with van der Waals surface area (Å²) in [6, 6.07) is 13.5. The molecule has 0 aromatic heterocycles. The zero-order chi connectivity index (χ0) is 14.8. The summed E-state index contributed by atoms with van der Waals surface area (Å²) in [5.74, 6) is 0.691. The number of ketones is 1. The van der Waals surface area contributed by atoms with Crippen molar-refractivity contribution in [2.75, 3.05) is 7.11 Å². The SMILES string of the molecule is COc1ccc(C(=O)C2CCCc3ccccc32)c(Cl)c1. The highest BCUT2D eigenvalue weighted by molar-refractivity contribution is 6.34. The Hall–Kier alpha value is -1.80. The second-order valence-corrected chi connectivity index (χ2v) is 5.76. The molecule has 1 unspecified atom stereocenters. The molecular formula is C18H17ClO2. The molecule has 3 rings (SSSR count). The number of fused-ring (bicyclic) bond motifs is 1. The molecule has 1 aliphatic rings. The smallest absolute Gasteiger partial charge is 0.171 e. The molecule has 0 N–H and O–H groups in total. The van der Waals surface area contributed by atoms with Gasteiger partial charge in [0, 0.05) is 11.5 Å². The number of benzene rings is 2. The lowest BCUT2D eigenvalue weighted by Crippen LogP contribution is -2.19. The maximum absolute atomic E-state index is 12.9. The van der Waals surface area contributed by atoms with Gasteiger partial charge in [-0.2, -0.15) is 0 Å². The second kappa shape index (κ2) is 5.90. The van der Waals surface area contributed by atoms with Gasteiger partial charge in [-0.1, -0.05) is 35.9 Å². The molecule has 0 aliphatic heterocycles. The van der Waals surface area contributed by atoms with Crippen molar-refractivity contribution < 1.29 is 9.53 Å². The normalized spacial score (nSPS) is 17.1. The summed E-state index contributed by atoms with van der Waals surface area (Å²) in [5, 5.41) is 0.461. The molecule has 3 heteroatoms. The highest BCUT2D eigenvalue weighted by Gasteiger charge is 2.28. The van der Waals surface area contributed by atoms with Crippen molar-refractivity contribution in [1.29, 1.82) is 0 Å². The van der Waals surface area contributed by atoms with Gasteiger partial charge in [0.15, 0.2) is 5.78 Å². The van der Waals surface area contributed by atoms with E-state index in [1.165, 1.54) is 5.56 Å². The molecule has 2 aromatic carbocycles. The van der Waals surface area contributed by atoms with Crippen molar-refractivity contribution in [3.05, 3.63) is 64.2 Å². The summed E-state index contributed by atoms with van der Waals surface area (Å²) in [6.07, 6.45) is 2.98. The maximum atomic E-state index is 12.9.